The first-order chi connectivity index (χ1) is 51.6. The van der Waals surface area contributed by atoms with Crippen molar-refractivity contribution in [1.82, 2.24) is 18.3 Å². The lowest BCUT2D eigenvalue weighted by Gasteiger charge is -2.12. The van der Waals surface area contributed by atoms with E-state index in [2.05, 4.69) is 407 Å². The molecule has 104 heavy (non-hydrogen) atoms. The van der Waals surface area contributed by atoms with Gasteiger partial charge in [-0.15, -0.1) is 0 Å². The van der Waals surface area contributed by atoms with Gasteiger partial charge >= 0.3 is 0 Å². The average Bonchev–Trinajstić information content (AvgIpc) is 1.59. The summed E-state index contributed by atoms with van der Waals surface area (Å²) < 4.78 is 9.63. The van der Waals surface area contributed by atoms with E-state index in [0.29, 0.717) is 0 Å². The number of hydrogen-bond donors (Lipinski definition) is 0. The Bertz CT molecular complexity index is 6760. The molecule has 0 aliphatic heterocycles. The number of hydrogen-bond acceptors (Lipinski definition) is 0. The zero-order chi connectivity index (χ0) is 68.3. The Labute approximate surface area is 600 Å². The van der Waals surface area contributed by atoms with Gasteiger partial charge in [0.1, 0.15) is 0 Å². The van der Waals surface area contributed by atoms with Gasteiger partial charge in [0.05, 0.1) is 44.1 Å². The predicted octanol–water partition coefficient (Wildman–Crippen LogP) is 27.0. The van der Waals surface area contributed by atoms with Crippen molar-refractivity contribution < 1.29 is 0 Å². The Morgan fingerprint density at radius 1 is 0.115 bits per heavy atom. The van der Waals surface area contributed by atoms with E-state index in [1.54, 1.807) is 0 Å². The molecular weight excluding hydrogens is 1260 g/mol. The topological polar surface area (TPSA) is 19.7 Å². The number of nitrogens with zero attached hydrogens (tertiary/aromatic N) is 4. The van der Waals surface area contributed by atoms with Crippen LogP contribution in [0.4, 0.5) is 0 Å². The van der Waals surface area contributed by atoms with Crippen molar-refractivity contribution >= 4 is 130 Å². The Morgan fingerprint density at radius 2 is 0.346 bits per heavy atom. The first-order valence-electron chi connectivity index (χ1n) is 35.9. The molecule has 0 saturated heterocycles. The second kappa shape index (κ2) is 24.0. The van der Waals surface area contributed by atoms with E-state index >= 15 is 0 Å². The Hall–Kier alpha value is -13.8. The Morgan fingerprint density at radius 3 is 0.683 bits per heavy atom. The van der Waals surface area contributed by atoms with Gasteiger partial charge in [0.25, 0.3) is 0 Å². The van der Waals surface area contributed by atoms with E-state index in [1.165, 1.54) is 186 Å². The maximum Gasteiger partial charge on any atom is 0.0541 e. The van der Waals surface area contributed by atoms with E-state index in [1.807, 2.05) is 0 Å². The zero-order valence-corrected chi connectivity index (χ0v) is 56.7. The summed E-state index contributed by atoms with van der Waals surface area (Å²) in [5.41, 5.74) is 24.1. The number of aromatic nitrogens is 4. The van der Waals surface area contributed by atoms with Crippen LogP contribution in [0.2, 0.25) is 0 Å². The van der Waals surface area contributed by atoms with Crippen molar-refractivity contribution in [2.45, 2.75) is 0 Å². The summed E-state index contributed by atoms with van der Waals surface area (Å²) in [6, 6.07) is 142. The highest BCUT2D eigenvalue weighted by molar-refractivity contribution is 6.16. The summed E-state index contributed by atoms with van der Waals surface area (Å²) in [7, 11) is 0. The molecule has 4 heteroatoms. The molecule has 18 aromatic carbocycles. The number of rotatable bonds is 8. The van der Waals surface area contributed by atoms with Crippen LogP contribution in [-0.2, 0) is 0 Å². The fourth-order valence-electron chi connectivity index (χ4n) is 16.9. The second-order valence-electron chi connectivity index (χ2n) is 27.5. The standard InChI is InChI=1S/C52H32N2.C48H32N2/c1-3-11-41-33(9-1)17-19-37-29-39(23-25-43(37)41)53-49-15-7-5-13-45(49)47-31-35(21-27-51(47)53)36-22-28-52-48(32-36)46-14-6-8-16-50(46)54(52)40-24-26-44-38(30-40)20-18-34-10-2-4-12-42(34)44;1-3-11-33(12-4-1)35-19-25-39(26-20-35)49-45-17-9-7-15-41(45)43-31-37(23-29-47(43)49)38-24-30-48-44(32-38)42-16-8-10-18-46(42)50(48)40-27-21-36(22-28-40)34-13-5-2-6-14-34/h1-32H;1-32H. The van der Waals surface area contributed by atoms with Crippen LogP contribution in [0.1, 0.15) is 0 Å². The minimum Gasteiger partial charge on any atom is -0.309 e. The third kappa shape index (κ3) is 9.61. The van der Waals surface area contributed by atoms with Gasteiger partial charge in [-0.3, -0.25) is 0 Å². The molecule has 0 unspecified atom stereocenters. The summed E-state index contributed by atoms with van der Waals surface area (Å²) in [4.78, 5) is 0. The third-order valence-electron chi connectivity index (χ3n) is 21.8. The van der Waals surface area contributed by atoms with Crippen LogP contribution in [0, 0.1) is 0 Å². The monoisotopic (exact) mass is 1320 g/mol. The maximum absolute atomic E-state index is 2.42. The number of para-hydroxylation sites is 4. The van der Waals surface area contributed by atoms with Crippen LogP contribution < -0.4 is 0 Å². The van der Waals surface area contributed by atoms with Gasteiger partial charge in [-0.25, -0.2) is 0 Å². The van der Waals surface area contributed by atoms with Gasteiger partial charge in [-0.05, 0) is 209 Å². The molecule has 0 fully saturated rings. The highest BCUT2D eigenvalue weighted by Gasteiger charge is 2.20. The predicted molar refractivity (Wildman–Crippen MR) is 442 cm³/mol. The van der Waals surface area contributed by atoms with Crippen LogP contribution in [0.15, 0.2) is 388 Å². The van der Waals surface area contributed by atoms with Crippen LogP contribution in [0.25, 0.3) is 198 Å². The molecule has 22 rings (SSSR count). The summed E-state index contributed by atoms with van der Waals surface area (Å²) >= 11 is 0. The van der Waals surface area contributed by atoms with Gasteiger partial charge in [0, 0.05) is 65.8 Å². The van der Waals surface area contributed by atoms with Crippen molar-refractivity contribution in [1.29, 1.82) is 0 Å². The third-order valence-corrected chi connectivity index (χ3v) is 21.8. The van der Waals surface area contributed by atoms with Crippen molar-refractivity contribution in [3.63, 3.8) is 0 Å². The molecule has 22 aromatic rings. The normalized spacial score (nSPS) is 11.8. The van der Waals surface area contributed by atoms with Crippen LogP contribution in [0.5, 0.6) is 0 Å². The van der Waals surface area contributed by atoms with Gasteiger partial charge in [-0.2, -0.15) is 0 Å². The Balaban J connectivity index is 0.000000135. The fourth-order valence-corrected chi connectivity index (χ4v) is 16.9. The summed E-state index contributed by atoms with van der Waals surface area (Å²) in [6.07, 6.45) is 0. The smallest absolute Gasteiger partial charge is 0.0541 e. The SMILES string of the molecule is c1ccc(-c2ccc(-n3c4ccccc4c4cc(-c5ccc6c(c5)c5ccccc5n6-c5ccc(-c6ccccc6)cc5)ccc43)cc2)cc1.c1ccc2c(c1)ccc1cc(-n3c4ccccc4c4cc(-c5ccc6c(c5)c5ccccc5n6-c5ccc6c(ccc7ccccc76)c5)ccc43)ccc12. The minimum absolute atomic E-state index is 1.16. The van der Waals surface area contributed by atoms with Crippen molar-refractivity contribution in [2.75, 3.05) is 0 Å². The first-order valence-corrected chi connectivity index (χ1v) is 35.9. The maximum atomic E-state index is 2.42. The van der Waals surface area contributed by atoms with Crippen LogP contribution >= 0.6 is 0 Å². The largest absolute Gasteiger partial charge is 0.309 e. The summed E-state index contributed by atoms with van der Waals surface area (Å²) in [5.74, 6) is 0. The molecule has 0 amide bonds. The molecule has 4 nitrogen and oxygen atoms in total. The highest BCUT2D eigenvalue weighted by Crippen LogP contribution is 2.43. The lowest BCUT2D eigenvalue weighted by molar-refractivity contribution is 1.18. The van der Waals surface area contributed by atoms with E-state index in [9.17, 15) is 0 Å². The molecule has 0 aliphatic rings. The fraction of sp³-hybridized carbons (Fsp3) is 0. The summed E-state index contributed by atoms with van der Waals surface area (Å²) in [6.45, 7) is 0. The van der Waals surface area contributed by atoms with Crippen molar-refractivity contribution in [2.24, 2.45) is 0 Å². The average molecular weight is 1320 g/mol. The van der Waals surface area contributed by atoms with E-state index in [4.69, 9.17) is 0 Å². The second-order valence-corrected chi connectivity index (χ2v) is 27.5. The molecular formula is C100H64N4. The van der Waals surface area contributed by atoms with Gasteiger partial charge in [-0.1, -0.05) is 267 Å². The van der Waals surface area contributed by atoms with Crippen molar-refractivity contribution in [3.05, 3.63) is 388 Å². The van der Waals surface area contributed by atoms with E-state index in [0.717, 1.165) is 11.4 Å². The lowest BCUT2D eigenvalue weighted by Crippen LogP contribution is -1.94. The number of benzene rings is 18. The van der Waals surface area contributed by atoms with E-state index in [-0.39, 0.29) is 0 Å². The highest BCUT2D eigenvalue weighted by atomic mass is 15.0. The van der Waals surface area contributed by atoms with Gasteiger partial charge in [0.15, 0.2) is 0 Å². The van der Waals surface area contributed by atoms with Crippen LogP contribution in [-0.4, -0.2) is 18.3 Å². The molecule has 0 atom stereocenters. The molecule has 0 N–H and O–H groups in total. The number of fused-ring (bicyclic) bond motifs is 18. The van der Waals surface area contributed by atoms with E-state index < -0.39 is 0 Å². The minimum atomic E-state index is 1.16. The molecule has 0 saturated carbocycles. The first kappa shape index (κ1) is 59.1. The molecule has 0 aliphatic carbocycles. The summed E-state index contributed by atoms with van der Waals surface area (Å²) in [5, 5.41) is 20.2. The molecule has 0 spiro atoms. The molecule has 0 bridgehead atoms. The molecule has 0 radical (unpaired) electrons. The lowest BCUT2D eigenvalue weighted by atomic mass is 10.0. The molecule has 484 valence electrons. The quantitative estimate of drug-likeness (QED) is 0.135. The van der Waals surface area contributed by atoms with Crippen molar-refractivity contribution in [3.8, 4) is 67.3 Å². The molecule has 4 aromatic heterocycles. The van der Waals surface area contributed by atoms with Gasteiger partial charge in [0.2, 0.25) is 0 Å². The zero-order valence-electron chi connectivity index (χ0n) is 56.7. The van der Waals surface area contributed by atoms with Crippen LogP contribution in [0.3, 0.4) is 0 Å². The molecule has 4 heterocycles. The van der Waals surface area contributed by atoms with Gasteiger partial charge < -0.3 is 18.3 Å². The Kier molecular flexibility index (Phi) is 13.6.